The zero-order valence-electron chi connectivity index (χ0n) is 10.6. The lowest BCUT2D eigenvalue weighted by Gasteiger charge is -2.17. The lowest BCUT2D eigenvalue weighted by Crippen LogP contribution is -2.38. The van der Waals surface area contributed by atoms with Crippen LogP contribution in [0, 0.1) is 5.92 Å². The zero-order chi connectivity index (χ0) is 13.9. The van der Waals surface area contributed by atoms with Crippen LogP contribution in [-0.2, 0) is 11.3 Å². The van der Waals surface area contributed by atoms with Gasteiger partial charge in [-0.05, 0) is 34.8 Å². The van der Waals surface area contributed by atoms with Gasteiger partial charge in [0.1, 0.15) is 6.54 Å². The highest BCUT2D eigenvalue weighted by Gasteiger charge is 2.14. The Morgan fingerprint density at radius 1 is 1.44 bits per heavy atom. The zero-order valence-corrected chi connectivity index (χ0v) is 12.2. The van der Waals surface area contributed by atoms with Crippen LogP contribution in [0.5, 0.6) is 0 Å². The fourth-order valence-electron chi connectivity index (χ4n) is 1.34. The summed E-state index contributed by atoms with van der Waals surface area (Å²) in [6.07, 6.45) is 1.44. The molecule has 0 aliphatic carbocycles. The van der Waals surface area contributed by atoms with Crippen molar-refractivity contribution in [3.8, 4) is 0 Å². The lowest BCUT2D eigenvalue weighted by atomic mass is 10.1. The van der Waals surface area contributed by atoms with Gasteiger partial charge in [-0.15, -0.1) is 0 Å². The molecule has 1 heterocycles. The van der Waals surface area contributed by atoms with E-state index in [1.165, 1.54) is 12.3 Å². The van der Waals surface area contributed by atoms with Crippen LogP contribution in [0.3, 0.4) is 0 Å². The molecular weight excluding hydrogens is 300 g/mol. The van der Waals surface area contributed by atoms with Crippen LogP contribution in [0.1, 0.15) is 31.1 Å². The first-order chi connectivity index (χ1) is 8.31. The minimum atomic E-state index is -1.01. The Bertz CT molecular complexity index is 454. The van der Waals surface area contributed by atoms with Gasteiger partial charge in [0.25, 0.3) is 0 Å². The predicted octanol–water partition coefficient (Wildman–Crippen LogP) is 2.11. The highest BCUT2D eigenvalue weighted by atomic mass is 79.9. The number of carbonyl (C=O) groups is 2. The van der Waals surface area contributed by atoms with E-state index in [0.717, 1.165) is 0 Å². The van der Waals surface area contributed by atoms with Crippen LogP contribution in [0.2, 0.25) is 0 Å². The van der Waals surface area contributed by atoms with Gasteiger partial charge in [-0.3, -0.25) is 4.79 Å². The van der Waals surface area contributed by atoms with Gasteiger partial charge in [-0.25, -0.2) is 4.79 Å². The van der Waals surface area contributed by atoms with Crippen molar-refractivity contribution in [1.82, 2.24) is 9.88 Å². The highest BCUT2D eigenvalue weighted by molar-refractivity contribution is 9.10. The summed E-state index contributed by atoms with van der Waals surface area (Å²) in [4.78, 5) is 22.5. The van der Waals surface area contributed by atoms with Crippen LogP contribution in [-0.4, -0.2) is 27.6 Å². The van der Waals surface area contributed by atoms with Crippen molar-refractivity contribution in [3.05, 3.63) is 22.4 Å². The second kappa shape index (κ2) is 6.04. The minimum Gasteiger partial charge on any atom is -0.478 e. The summed E-state index contributed by atoms with van der Waals surface area (Å²) in [6, 6.07) is 1.56. The van der Waals surface area contributed by atoms with Crippen LogP contribution in [0.4, 0.5) is 0 Å². The molecule has 1 unspecified atom stereocenters. The smallest absolute Gasteiger partial charge is 0.337 e. The summed E-state index contributed by atoms with van der Waals surface area (Å²) in [7, 11) is 0. The molecule has 0 radical (unpaired) electrons. The van der Waals surface area contributed by atoms with Crippen molar-refractivity contribution in [2.45, 2.75) is 33.4 Å². The van der Waals surface area contributed by atoms with E-state index in [0.29, 0.717) is 10.5 Å². The highest BCUT2D eigenvalue weighted by Crippen LogP contribution is 2.15. The normalized spacial score (nSPS) is 12.5. The van der Waals surface area contributed by atoms with Crippen LogP contribution in [0.15, 0.2) is 16.9 Å². The standard InChI is InChI=1S/C12H17BrN2O3/c1-7(2)8(3)14-11(16)6-15-5-9(12(17)18)4-10(15)13/h4-5,7-8H,6H2,1-3H3,(H,14,16)(H,17,18). The molecule has 0 bridgehead atoms. The molecule has 0 aliphatic heterocycles. The van der Waals surface area contributed by atoms with Gasteiger partial charge in [-0.1, -0.05) is 13.8 Å². The maximum absolute atomic E-state index is 11.8. The lowest BCUT2D eigenvalue weighted by molar-refractivity contribution is -0.122. The average Bonchev–Trinajstić information content (AvgIpc) is 2.60. The fourth-order valence-corrected chi connectivity index (χ4v) is 1.81. The van der Waals surface area contributed by atoms with Gasteiger partial charge in [-0.2, -0.15) is 0 Å². The van der Waals surface area contributed by atoms with E-state index < -0.39 is 5.97 Å². The molecule has 100 valence electrons. The van der Waals surface area contributed by atoms with E-state index in [9.17, 15) is 9.59 Å². The Balaban J connectivity index is 2.67. The fraction of sp³-hybridized carbons (Fsp3) is 0.500. The SMILES string of the molecule is CC(C)C(C)NC(=O)Cn1cc(C(=O)O)cc1Br. The summed E-state index contributed by atoms with van der Waals surface area (Å²) in [5.74, 6) is -0.786. The van der Waals surface area contributed by atoms with E-state index in [2.05, 4.69) is 21.2 Å². The quantitative estimate of drug-likeness (QED) is 0.874. The van der Waals surface area contributed by atoms with E-state index in [1.807, 2.05) is 20.8 Å². The number of hydrogen-bond acceptors (Lipinski definition) is 2. The van der Waals surface area contributed by atoms with Gasteiger partial charge >= 0.3 is 5.97 Å². The molecule has 1 rings (SSSR count). The number of nitrogens with one attached hydrogen (secondary N) is 1. The Kier molecular flexibility index (Phi) is 4.95. The van der Waals surface area contributed by atoms with Crippen LogP contribution >= 0.6 is 15.9 Å². The van der Waals surface area contributed by atoms with Crippen molar-refractivity contribution in [2.24, 2.45) is 5.92 Å². The molecule has 6 heteroatoms. The molecule has 0 spiro atoms. The Morgan fingerprint density at radius 2 is 2.06 bits per heavy atom. The Hall–Kier alpha value is -1.30. The van der Waals surface area contributed by atoms with Crippen molar-refractivity contribution in [1.29, 1.82) is 0 Å². The number of carbonyl (C=O) groups excluding carboxylic acids is 1. The Morgan fingerprint density at radius 3 is 2.50 bits per heavy atom. The molecule has 5 nitrogen and oxygen atoms in total. The number of rotatable bonds is 5. The first kappa shape index (κ1) is 14.8. The molecule has 0 saturated carbocycles. The molecule has 0 fully saturated rings. The van der Waals surface area contributed by atoms with Crippen LogP contribution in [0.25, 0.3) is 0 Å². The van der Waals surface area contributed by atoms with Crippen molar-refractivity contribution in [3.63, 3.8) is 0 Å². The number of amides is 1. The van der Waals surface area contributed by atoms with Gasteiger partial charge < -0.3 is 15.0 Å². The average molecular weight is 317 g/mol. The molecule has 1 atom stereocenters. The first-order valence-electron chi connectivity index (χ1n) is 5.69. The number of aromatic carboxylic acids is 1. The number of aromatic nitrogens is 1. The molecule has 1 amide bonds. The number of carboxylic acid groups (broad SMARTS) is 1. The predicted molar refractivity (Wildman–Crippen MR) is 71.5 cm³/mol. The number of nitrogens with zero attached hydrogens (tertiary/aromatic N) is 1. The first-order valence-corrected chi connectivity index (χ1v) is 6.49. The Labute approximate surface area is 114 Å². The van der Waals surface area contributed by atoms with Crippen molar-refractivity contribution < 1.29 is 14.7 Å². The van der Waals surface area contributed by atoms with Crippen LogP contribution < -0.4 is 5.32 Å². The molecule has 1 aromatic heterocycles. The number of carboxylic acids is 1. The molecule has 0 saturated heterocycles. The number of halogens is 1. The third-order valence-electron chi connectivity index (χ3n) is 2.79. The van der Waals surface area contributed by atoms with Gasteiger partial charge in [0.15, 0.2) is 0 Å². The van der Waals surface area contributed by atoms with Gasteiger partial charge in [0.2, 0.25) is 5.91 Å². The monoisotopic (exact) mass is 316 g/mol. The topological polar surface area (TPSA) is 71.3 Å². The third kappa shape index (κ3) is 3.87. The summed E-state index contributed by atoms with van der Waals surface area (Å²) >= 11 is 3.23. The maximum atomic E-state index is 11.8. The maximum Gasteiger partial charge on any atom is 0.337 e. The summed E-state index contributed by atoms with van der Waals surface area (Å²) in [6.45, 7) is 6.10. The summed E-state index contributed by atoms with van der Waals surface area (Å²) in [5.41, 5.74) is 0.159. The van der Waals surface area contributed by atoms with E-state index in [-0.39, 0.29) is 24.1 Å². The molecule has 2 N–H and O–H groups in total. The molecule has 0 aromatic carbocycles. The van der Waals surface area contributed by atoms with E-state index in [4.69, 9.17) is 5.11 Å². The minimum absolute atomic E-state index is 0.0887. The molecule has 1 aromatic rings. The van der Waals surface area contributed by atoms with E-state index in [1.54, 1.807) is 4.57 Å². The summed E-state index contributed by atoms with van der Waals surface area (Å²) < 4.78 is 2.14. The van der Waals surface area contributed by atoms with Crippen molar-refractivity contribution >= 4 is 27.8 Å². The second-order valence-corrected chi connectivity index (χ2v) is 5.40. The van der Waals surface area contributed by atoms with E-state index >= 15 is 0 Å². The third-order valence-corrected chi connectivity index (χ3v) is 3.48. The molecular formula is C12H17BrN2O3. The van der Waals surface area contributed by atoms with Gasteiger partial charge in [0.05, 0.1) is 10.2 Å². The summed E-state index contributed by atoms with van der Waals surface area (Å²) in [5, 5.41) is 11.7. The molecule has 0 aliphatic rings. The largest absolute Gasteiger partial charge is 0.478 e. The second-order valence-electron chi connectivity index (χ2n) is 4.58. The molecule has 18 heavy (non-hydrogen) atoms. The number of hydrogen-bond donors (Lipinski definition) is 2. The van der Waals surface area contributed by atoms with Gasteiger partial charge in [0, 0.05) is 12.2 Å². The van der Waals surface area contributed by atoms with Crippen molar-refractivity contribution in [2.75, 3.05) is 0 Å².